The van der Waals surface area contributed by atoms with E-state index in [4.69, 9.17) is 0 Å². The third-order valence-corrected chi connectivity index (χ3v) is 3.09. The van der Waals surface area contributed by atoms with Crippen molar-refractivity contribution in [3.05, 3.63) is 29.8 Å². The minimum atomic E-state index is -4.65. The fourth-order valence-electron chi connectivity index (χ4n) is 1.90. The van der Waals surface area contributed by atoms with E-state index in [9.17, 15) is 13.2 Å². The molecule has 0 heterocycles. The van der Waals surface area contributed by atoms with Crippen LogP contribution in [0.3, 0.4) is 0 Å². The Hall–Kier alpha value is -1.92. The van der Waals surface area contributed by atoms with Crippen molar-refractivity contribution in [1.29, 1.82) is 0 Å². The summed E-state index contributed by atoms with van der Waals surface area (Å²) in [5.74, 6) is 0.588. The summed E-state index contributed by atoms with van der Waals surface area (Å²) >= 11 is 0. The Kier molecular flexibility index (Phi) is 5.51. The summed E-state index contributed by atoms with van der Waals surface area (Å²) in [6.45, 7) is 3.37. The molecule has 1 aliphatic carbocycles. The summed E-state index contributed by atoms with van der Waals surface area (Å²) in [6, 6.07) is 6.41. The Morgan fingerprint density at radius 3 is 2.50 bits per heavy atom. The number of hydrogen-bond donors (Lipinski definition) is 2. The Labute approximate surface area is 127 Å². The van der Waals surface area contributed by atoms with Crippen molar-refractivity contribution in [3.8, 4) is 5.75 Å². The van der Waals surface area contributed by atoms with Crippen LogP contribution in [0.1, 0.15) is 25.3 Å². The molecule has 0 atom stereocenters. The highest BCUT2D eigenvalue weighted by Gasteiger charge is 2.30. The molecule has 1 aromatic rings. The number of ether oxygens (including phenoxy) is 1. The molecule has 0 amide bonds. The lowest BCUT2D eigenvalue weighted by atomic mass is 10.1. The zero-order chi connectivity index (χ0) is 16.0. The van der Waals surface area contributed by atoms with Gasteiger partial charge in [0, 0.05) is 19.1 Å². The molecule has 1 aliphatic rings. The quantitative estimate of drug-likeness (QED) is 0.627. The highest BCUT2D eigenvalue weighted by molar-refractivity contribution is 5.80. The maximum Gasteiger partial charge on any atom is 0.573 e. The first kappa shape index (κ1) is 16.5. The molecule has 0 aromatic heterocycles. The van der Waals surface area contributed by atoms with Crippen LogP contribution in [0.5, 0.6) is 5.75 Å². The molecule has 1 saturated carbocycles. The van der Waals surface area contributed by atoms with Crippen molar-refractivity contribution in [1.82, 2.24) is 10.6 Å². The first-order valence-corrected chi connectivity index (χ1v) is 7.36. The molecular weight excluding hydrogens is 295 g/mol. The first-order valence-electron chi connectivity index (χ1n) is 7.36. The number of rotatable bonds is 6. The molecule has 1 aromatic carbocycles. The van der Waals surface area contributed by atoms with Gasteiger partial charge in [0.1, 0.15) is 5.75 Å². The summed E-state index contributed by atoms with van der Waals surface area (Å²) in [4.78, 5) is 4.45. The van der Waals surface area contributed by atoms with Gasteiger partial charge in [0.15, 0.2) is 5.96 Å². The second kappa shape index (κ2) is 7.38. The summed E-state index contributed by atoms with van der Waals surface area (Å²) in [5, 5.41) is 6.48. The number of alkyl halides is 3. The van der Waals surface area contributed by atoms with Crippen LogP contribution < -0.4 is 15.4 Å². The van der Waals surface area contributed by atoms with Crippen LogP contribution in [0.25, 0.3) is 0 Å². The summed E-state index contributed by atoms with van der Waals surface area (Å²) in [5.41, 5.74) is 0.917. The highest BCUT2D eigenvalue weighted by atomic mass is 19.4. The minimum absolute atomic E-state index is 0.205. The maximum atomic E-state index is 12.1. The standard InChI is InChI=1S/C15H20F3N3O/c1-2-19-14(21-12-5-6-12)20-10-9-11-3-7-13(8-4-11)22-15(16,17)18/h3-4,7-8,12H,2,5-6,9-10H2,1H3,(H2,19,20,21). The molecule has 0 bridgehead atoms. The van der Waals surface area contributed by atoms with Gasteiger partial charge in [-0.3, -0.25) is 4.99 Å². The smallest absolute Gasteiger partial charge is 0.406 e. The van der Waals surface area contributed by atoms with E-state index in [1.54, 1.807) is 12.1 Å². The largest absolute Gasteiger partial charge is 0.573 e. The van der Waals surface area contributed by atoms with Crippen molar-refractivity contribution in [2.45, 2.75) is 38.6 Å². The number of benzene rings is 1. The lowest BCUT2D eigenvalue weighted by Crippen LogP contribution is -2.38. The van der Waals surface area contributed by atoms with Crippen molar-refractivity contribution in [3.63, 3.8) is 0 Å². The van der Waals surface area contributed by atoms with E-state index < -0.39 is 6.36 Å². The van der Waals surface area contributed by atoms with Crippen molar-refractivity contribution in [2.75, 3.05) is 13.1 Å². The van der Waals surface area contributed by atoms with Gasteiger partial charge < -0.3 is 15.4 Å². The van der Waals surface area contributed by atoms with Gasteiger partial charge in [-0.15, -0.1) is 13.2 Å². The zero-order valence-corrected chi connectivity index (χ0v) is 12.4. The minimum Gasteiger partial charge on any atom is -0.406 e. The van der Waals surface area contributed by atoms with E-state index in [2.05, 4.69) is 20.4 Å². The van der Waals surface area contributed by atoms with Gasteiger partial charge in [-0.1, -0.05) is 12.1 Å². The van der Waals surface area contributed by atoms with Crippen LogP contribution in [-0.2, 0) is 6.42 Å². The van der Waals surface area contributed by atoms with Gasteiger partial charge in [0.25, 0.3) is 0 Å². The normalized spacial score (nSPS) is 15.5. The molecule has 0 spiro atoms. The number of guanidine groups is 1. The van der Waals surface area contributed by atoms with Crippen LogP contribution >= 0.6 is 0 Å². The van der Waals surface area contributed by atoms with Crippen molar-refractivity contribution in [2.24, 2.45) is 4.99 Å². The lowest BCUT2D eigenvalue weighted by molar-refractivity contribution is -0.274. The summed E-state index contributed by atoms with van der Waals surface area (Å²) in [7, 11) is 0. The highest BCUT2D eigenvalue weighted by Crippen LogP contribution is 2.22. The van der Waals surface area contributed by atoms with Gasteiger partial charge in [-0.2, -0.15) is 0 Å². The zero-order valence-electron chi connectivity index (χ0n) is 12.4. The molecule has 0 radical (unpaired) electrons. The third-order valence-electron chi connectivity index (χ3n) is 3.09. The van der Waals surface area contributed by atoms with Gasteiger partial charge in [-0.25, -0.2) is 0 Å². The summed E-state index contributed by atoms with van der Waals surface area (Å²) < 4.78 is 40.0. The molecule has 0 unspecified atom stereocenters. The van der Waals surface area contributed by atoms with Gasteiger partial charge in [-0.05, 0) is 43.9 Å². The van der Waals surface area contributed by atoms with E-state index in [0.29, 0.717) is 19.0 Å². The van der Waals surface area contributed by atoms with Crippen molar-refractivity contribution >= 4 is 5.96 Å². The molecular formula is C15H20F3N3O. The number of nitrogens with one attached hydrogen (secondary N) is 2. The predicted octanol–water partition coefficient (Wildman–Crippen LogP) is 2.85. The molecule has 4 nitrogen and oxygen atoms in total. The molecule has 7 heteroatoms. The van der Waals surface area contributed by atoms with E-state index in [0.717, 1.165) is 18.1 Å². The van der Waals surface area contributed by atoms with E-state index in [-0.39, 0.29) is 5.75 Å². The van der Waals surface area contributed by atoms with Crippen LogP contribution in [-0.4, -0.2) is 31.5 Å². The molecule has 2 rings (SSSR count). The molecule has 2 N–H and O–H groups in total. The Morgan fingerprint density at radius 2 is 1.95 bits per heavy atom. The monoisotopic (exact) mass is 315 g/mol. The third kappa shape index (κ3) is 6.24. The topological polar surface area (TPSA) is 45.7 Å². The molecule has 0 aliphatic heterocycles. The van der Waals surface area contributed by atoms with E-state index >= 15 is 0 Å². The van der Waals surface area contributed by atoms with Crippen LogP contribution in [0.4, 0.5) is 13.2 Å². The predicted molar refractivity (Wildman–Crippen MR) is 79.0 cm³/mol. The van der Waals surface area contributed by atoms with Gasteiger partial charge >= 0.3 is 6.36 Å². The average Bonchev–Trinajstić information content (AvgIpc) is 3.23. The Morgan fingerprint density at radius 1 is 1.27 bits per heavy atom. The fraction of sp³-hybridized carbons (Fsp3) is 0.533. The fourth-order valence-corrected chi connectivity index (χ4v) is 1.90. The maximum absolute atomic E-state index is 12.1. The second-order valence-electron chi connectivity index (χ2n) is 5.12. The molecule has 0 saturated heterocycles. The van der Waals surface area contributed by atoms with Gasteiger partial charge in [0.05, 0.1) is 0 Å². The molecule has 22 heavy (non-hydrogen) atoms. The SMILES string of the molecule is CCNC(=NCCc1ccc(OC(F)(F)F)cc1)NC1CC1. The lowest BCUT2D eigenvalue weighted by Gasteiger charge is -2.10. The number of hydrogen-bond acceptors (Lipinski definition) is 2. The number of halogens is 3. The number of nitrogens with zero attached hydrogens (tertiary/aromatic N) is 1. The summed E-state index contributed by atoms with van der Waals surface area (Å²) in [6.07, 6.45) is -1.65. The Bertz CT molecular complexity index is 496. The van der Waals surface area contributed by atoms with E-state index in [1.807, 2.05) is 6.92 Å². The number of aliphatic imine (C=N–C) groups is 1. The van der Waals surface area contributed by atoms with Crippen LogP contribution in [0.15, 0.2) is 29.3 Å². The van der Waals surface area contributed by atoms with Crippen molar-refractivity contribution < 1.29 is 17.9 Å². The van der Waals surface area contributed by atoms with Crippen LogP contribution in [0, 0.1) is 0 Å². The molecule has 122 valence electrons. The van der Waals surface area contributed by atoms with Gasteiger partial charge in [0.2, 0.25) is 0 Å². The van der Waals surface area contributed by atoms with Crippen LogP contribution in [0.2, 0.25) is 0 Å². The van der Waals surface area contributed by atoms with E-state index in [1.165, 1.54) is 25.0 Å². The second-order valence-corrected chi connectivity index (χ2v) is 5.12. The molecule has 1 fully saturated rings. The Balaban J connectivity index is 1.82. The first-order chi connectivity index (χ1) is 10.5. The average molecular weight is 315 g/mol.